The minimum atomic E-state index is -0.566. The molecule has 1 heterocycles. The number of unbranched alkanes of at least 4 members (excludes halogenated alkanes) is 1. The summed E-state index contributed by atoms with van der Waals surface area (Å²) in [7, 11) is 0. The highest BCUT2D eigenvalue weighted by Gasteiger charge is 2.32. The molecule has 1 atom stereocenters. The van der Waals surface area contributed by atoms with Crippen molar-refractivity contribution in [3.05, 3.63) is 53.8 Å². The molecule has 1 unspecified atom stereocenters. The van der Waals surface area contributed by atoms with Crippen LogP contribution in [0, 0.1) is 5.82 Å². The van der Waals surface area contributed by atoms with Crippen molar-refractivity contribution in [1.29, 1.82) is 0 Å². The van der Waals surface area contributed by atoms with Gasteiger partial charge in [-0.25, -0.2) is 9.18 Å². The number of hydrogen-bond donors (Lipinski definition) is 2. The van der Waals surface area contributed by atoms with Gasteiger partial charge in [0.1, 0.15) is 11.9 Å². The van der Waals surface area contributed by atoms with Crippen molar-refractivity contribution in [1.82, 2.24) is 10.4 Å². The topological polar surface area (TPSA) is 82.1 Å². The van der Waals surface area contributed by atoms with Gasteiger partial charge in [0.2, 0.25) is 5.91 Å². The van der Waals surface area contributed by atoms with Gasteiger partial charge in [0.25, 0.3) is 0 Å². The van der Waals surface area contributed by atoms with Crippen LogP contribution in [0.2, 0.25) is 0 Å². The first-order chi connectivity index (χ1) is 14.9. The van der Waals surface area contributed by atoms with Crippen LogP contribution < -0.4 is 10.2 Å². The van der Waals surface area contributed by atoms with Crippen molar-refractivity contribution in [2.45, 2.75) is 39.3 Å². The number of rotatable bonds is 9. The van der Waals surface area contributed by atoms with Gasteiger partial charge in [0.05, 0.1) is 18.8 Å². The van der Waals surface area contributed by atoms with Crippen molar-refractivity contribution >= 4 is 17.7 Å². The van der Waals surface area contributed by atoms with E-state index in [9.17, 15) is 19.2 Å². The summed E-state index contributed by atoms with van der Waals surface area (Å²) in [5.74, 6) is -0.654. The normalized spacial score (nSPS) is 16.0. The summed E-state index contributed by atoms with van der Waals surface area (Å²) in [4.78, 5) is 24.5. The number of ether oxygens (including phenoxy) is 1. The van der Waals surface area contributed by atoms with E-state index in [1.54, 1.807) is 12.1 Å². The summed E-state index contributed by atoms with van der Waals surface area (Å²) in [6.07, 6.45) is 0.889. The maximum Gasteiger partial charge on any atom is 0.414 e. The molecule has 7 nitrogen and oxygen atoms in total. The number of benzene rings is 2. The molecule has 1 aliphatic heterocycles. The fraction of sp³-hybridized carbons (Fsp3) is 0.391. The quantitative estimate of drug-likeness (QED) is 0.590. The first-order valence-corrected chi connectivity index (χ1v) is 10.4. The predicted molar refractivity (Wildman–Crippen MR) is 115 cm³/mol. The molecule has 1 saturated heterocycles. The number of hydrogen-bond acceptors (Lipinski definition) is 5. The number of nitrogens with one attached hydrogen (secondary N) is 1. The van der Waals surface area contributed by atoms with E-state index >= 15 is 0 Å². The number of amides is 2. The Morgan fingerprint density at radius 1 is 1.29 bits per heavy atom. The highest BCUT2D eigenvalue weighted by molar-refractivity contribution is 5.90. The summed E-state index contributed by atoms with van der Waals surface area (Å²) < 4.78 is 20.1. The van der Waals surface area contributed by atoms with Gasteiger partial charge < -0.3 is 15.3 Å². The van der Waals surface area contributed by atoms with E-state index in [0.717, 1.165) is 18.4 Å². The molecule has 3 rings (SSSR count). The van der Waals surface area contributed by atoms with Gasteiger partial charge in [-0.3, -0.25) is 9.69 Å². The Balaban J connectivity index is 1.67. The molecule has 2 amide bonds. The van der Waals surface area contributed by atoms with Crippen LogP contribution in [-0.4, -0.2) is 48.0 Å². The van der Waals surface area contributed by atoms with Crippen LogP contribution in [0.1, 0.15) is 32.3 Å². The lowest BCUT2D eigenvalue weighted by molar-refractivity contribution is -0.119. The first-order valence-electron chi connectivity index (χ1n) is 10.4. The number of nitrogens with zero attached hydrogens (tertiary/aromatic N) is 2. The Hall–Kier alpha value is -2.97. The Morgan fingerprint density at radius 3 is 2.68 bits per heavy atom. The third-order valence-corrected chi connectivity index (χ3v) is 5.12. The van der Waals surface area contributed by atoms with Gasteiger partial charge in [-0.2, -0.15) is 5.06 Å². The number of carbonyl (C=O) groups excluding carboxylic acids is 2. The second kappa shape index (κ2) is 10.4. The molecule has 0 aromatic heterocycles. The summed E-state index contributed by atoms with van der Waals surface area (Å²) in [6.45, 7) is 4.94. The minimum absolute atomic E-state index is 0.205. The average Bonchev–Trinajstić information content (AvgIpc) is 3.12. The maximum absolute atomic E-state index is 14.8. The highest BCUT2D eigenvalue weighted by Crippen LogP contribution is 2.29. The second-order valence-corrected chi connectivity index (χ2v) is 7.66. The smallest absolute Gasteiger partial charge is 0.414 e. The molecule has 0 bridgehead atoms. The zero-order chi connectivity index (χ0) is 22.4. The van der Waals surface area contributed by atoms with Crippen molar-refractivity contribution < 1.29 is 23.9 Å². The number of hydroxylamine groups is 2. The Morgan fingerprint density at radius 2 is 2.03 bits per heavy atom. The molecule has 1 fully saturated rings. The Kier molecular flexibility index (Phi) is 7.59. The lowest BCUT2D eigenvalue weighted by Gasteiger charge is -2.16. The molecule has 0 spiro atoms. The van der Waals surface area contributed by atoms with Gasteiger partial charge in [-0.1, -0.05) is 37.6 Å². The lowest BCUT2D eigenvalue weighted by atomic mass is 10.0. The molecule has 2 N–H and O–H groups in total. The average molecular weight is 429 g/mol. The van der Waals surface area contributed by atoms with Gasteiger partial charge >= 0.3 is 6.09 Å². The van der Waals surface area contributed by atoms with Crippen LogP contribution in [0.4, 0.5) is 14.9 Å². The summed E-state index contributed by atoms with van der Waals surface area (Å²) in [5, 5.41) is 13.8. The number of cyclic esters (lactones) is 1. The standard InChI is InChI=1S/C23H28FN3O4/c1-3-4-11-26(30)14-17-5-7-18(8-6-17)21-10-9-19(12-22(21)24)27-15-20(31-23(27)29)13-25-16(2)28/h5-10,12,20,30H,3-4,11,13-15H2,1-2H3,(H,25,28). The van der Waals surface area contributed by atoms with Crippen LogP contribution in [-0.2, 0) is 16.1 Å². The molecule has 31 heavy (non-hydrogen) atoms. The number of anilines is 1. The molecular formula is C23H28FN3O4. The fourth-order valence-electron chi connectivity index (χ4n) is 3.42. The second-order valence-electron chi connectivity index (χ2n) is 7.66. The monoisotopic (exact) mass is 429 g/mol. The van der Waals surface area contributed by atoms with E-state index in [1.807, 2.05) is 24.3 Å². The van der Waals surface area contributed by atoms with Crippen molar-refractivity contribution in [3.63, 3.8) is 0 Å². The van der Waals surface area contributed by atoms with E-state index in [2.05, 4.69) is 12.2 Å². The SMILES string of the molecule is CCCCN(O)Cc1ccc(-c2ccc(N3CC(CNC(C)=O)OC3=O)cc2F)cc1. The van der Waals surface area contributed by atoms with E-state index in [0.29, 0.717) is 29.9 Å². The minimum Gasteiger partial charge on any atom is -0.442 e. The van der Waals surface area contributed by atoms with Crippen molar-refractivity contribution in [2.75, 3.05) is 24.5 Å². The first kappa shape index (κ1) is 22.7. The highest BCUT2D eigenvalue weighted by atomic mass is 19.1. The molecule has 2 aromatic carbocycles. The maximum atomic E-state index is 14.8. The molecule has 0 saturated carbocycles. The van der Waals surface area contributed by atoms with E-state index in [1.165, 1.54) is 23.0 Å². The van der Waals surface area contributed by atoms with E-state index in [-0.39, 0.29) is 19.0 Å². The van der Waals surface area contributed by atoms with Gasteiger partial charge in [-0.05, 0) is 35.7 Å². The van der Waals surface area contributed by atoms with Crippen LogP contribution in [0.25, 0.3) is 11.1 Å². The predicted octanol–water partition coefficient (Wildman–Crippen LogP) is 3.95. The lowest BCUT2D eigenvalue weighted by Crippen LogP contribution is -2.33. The van der Waals surface area contributed by atoms with E-state index < -0.39 is 18.0 Å². The summed E-state index contributed by atoms with van der Waals surface area (Å²) in [6, 6.07) is 12.0. The Bertz CT molecular complexity index is 920. The number of halogens is 1. The van der Waals surface area contributed by atoms with E-state index in [4.69, 9.17) is 4.74 Å². The molecule has 1 aliphatic rings. The van der Waals surface area contributed by atoms with Crippen LogP contribution in [0.5, 0.6) is 0 Å². The van der Waals surface area contributed by atoms with Crippen LogP contribution in [0.3, 0.4) is 0 Å². The molecule has 0 aliphatic carbocycles. The summed E-state index contributed by atoms with van der Waals surface area (Å²) >= 11 is 0. The zero-order valence-corrected chi connectivity index (χ0v) is 17.8. The summed E-state index contributed by atoms with van der Waals surface area (Å²) in [5.41, 5.74) is 2.47. The molecule has 166 valence electrons. The fourth-order valence-corrected chi connectivity index (χ4v) is 3.42. The Labute approximate surface area is 181 Å². The van der Waals surface area contributed by atoms with Crippen LogP contribution in [0.15, 0.2) is 42.5 Å². The molecule has 0 radical (unpaired) electrons. The largest absolute Gasteiger partial charge is 0.442 e. The van der Waals surface area contributed by atoms with Crippen molar-refractivity contribution in [3.8, 4) is 11.1 Å². The van der Waals surface area contributed by atoms with Gasteiger partial charge in [0.15, 0.2) is 0 Å². The van der Waals surface area contributed by atoms with Gasteiger partial charge in [0, 0.05) is 25.6 Å². The number of carbonyl (C=O) groups is 2. The molecular weight excluding hydrogens is 401 g/mol. The zero-order valence-electron chi connectivity index (χ0n) is 17.8. The molecule has 8 heteroatoms. The third kappa shape index (κ3) is 6.02. The molecule has 2 aromatic rings. The third-order valence-electron chi connectivity index (χ3n) is 5.12. The van der Waals surface area contributed by atoms with Crippen molar-refractivity contribution in [2.24, 2.45) is 0 Å². The van der Waals surface area contributed by atoms with Gasteiger partial charge in [-0.15, -0.1) is 0 Å². The van der Waals surface area contributed by atoms with Crippen LogP contribution >= 0.6 is 0 Å².